The van der Waals surface area contributed by atoms with E-state index in [2.05, 4.69) is 5.32 Å². The molecule has 0 spiro atoms. The Morgan fingerprint density at radius 1 is 1.33 bits per heavy atom. The highest BCUT2D eigenvalue weighted by Gasteiger charge is 2.20. The number of aliphatic hydroxyl groups is 1. The first kappa shape index (κ1) is 14.4. The number of rotatable bonds is 6. The van der Waals surface area contributed by atoms with Crippen molar-refractivity contribution in [2.24, 2.45) is 17.6 Å². The molecule has 4 nitrogen and oxygen atoms in total. The summed E-state index contributed by atoms with van der Waals surface area (Å²) in [5.41, 5.74) is 5.73. The second-order valence-corrected chi connectivity index (χ2v) is 4.78. The predicted octanol–water partition coefficient (Wildman–Crippen LogP) is 0.493. The molecule has 0 radical (unpaired) electrons. The van der Waals surface area contributed by atoms with E-state index in [4.69, 9.17) is 10.8 Å². The van der Waals surface area contributed by atoms with E-state index in [0.717, 1.165) is 0 Å². The van der Waals surface area contributed by atoms with Crippen LogP contribution in [0.1, 0.15) is 34.1 Å². The third kappa shape index (κ3) is 5.74. The maximum atomic E-state index is 11.6. The van der Waals surface area contributed by atoms with Crippen molar-refractivity contribution in [3.05, 3.63) is 0 Å². The first-order valence-electron chi connectivity index (χ1n) is 5.55. The molecule has 0 aliphatic heterocycles. The van der Waals surface area contributed by atoms with E-state index < -0.39 is 6.04 Å². The molecule has 0 unspecified atom stereocenters. The van der Waals surface area contributed by atoms with Crippen molar-refractivity contribution in [3.63, 3.8) is 0 Å². The lowest BCUT2D eigenvalue weighted by molar-refractivity contribution is -0.124. The zero-order valence-corrected chi connectivity index (χ0v) is 10.2. The van der Waals surface area contributed by atoms with Gasteiger partial charge in [-0.1, -0.05) is 27.7 Å². The fourth-order valence-corrected chi connectivity index (χ4v) is 1.33. The largest absolute Gasteiger partial charge is 0.394 e. The second kappa shape index (κ2) is 6.80. The molecule has 2 atom stereocenters. The summed E-state index contributed by atoms with van der Waals surface area (Å²) in [6.07, 6.45) is 0.669. The van der Waals surface area contributed by atoms with Gasteiger partial charge in [0.2, 0.25) is 5.91 Å². The molecular formula is C11H24N2O2. The average molecular weight is 216 g/mol. The van der Waals surface area contributed by atoms with Crippen molar-refractivity contribution in [3.8, 4) is 0 Å². The first-order chi connectivity index (χ1) is 6.88. The van der Waals surface area contributed by atoms with E-state index in [1.165, 1.54) is 0 Å². The molecule has 0 aliphatic rings. The normalized spacial score (nSPS) is 15.5. The van der Waals surface area contributed by atoms with Crippen molar-refractivity contribution < 1.29 is 9.90 Å². The molecule has 0 heterocycles. The molecule has 1 amide bonds. The van der Waals surface area contributed by atoms with Crippen LogP contribution in [0.25, 0.3) is 0 Å². The average Bonchev–Trinajstić information content (AvgIpc) is 2.11. The Kier molecular flexibility index (Phi) is 6.52. The smallest absolute Gasteiger partial charge is 0.237 e. The van der Waals surface area contributed by atoms with Gasteiger partial charge in [-0.05, 0) is 18.3 Å². The molecular weight excluding hydrogens is 192 g/mol. The Hall–Kier alpha value is -0.610. The molecule has 0 rings (SSSR count). The van der Waals surface area contributed by atoms with Gasteiger partial charge in [-0.15, -0.1) is 0 Å². The summed E-state index contributed by atoms with van der Waals surface area (Å²) in [5.74, 6) is 0.444. The van der Waals surface area contributed by atoms with Gasteiger partial charge in [0.05, 0.1) is 18.7 Å². The van der Waals surface area contributed by atoms with Crippen molar-refractivity contribution in [1.82, 2.24) is 5.32 Å². The van der Waals surface area contributed by atoms with Crippen LogP contribution in [-0.4, -0.2) is 29.7 Å². The van der Waals surface area contributed by atoms with Gasteiger partial charge in [0.15, 0.2) is 0 Å². The molecule has 0 aromatic carbocycles. The Balaban J connectivity index is 4.10. The highest BCUT2D eigenvalue weighted by atomic mass is 16.3. The van der Waals surface area contributed by atoms with E-state index in [1.807, 2.05) is 27.7 Å². The van der Waals surface area contributed by atoms with Gasteiger partial charge in [0.25, 0.3) is 0 Å². The lowest BCUT2D eigenvalue weighted by Crippen LogP contribution is -2.49. The third-order valence-electron chi connectivity index (χ3n) is 2.39. The van der Waals surface area contributed by atoms with Gasteiger partial charge in [-0.3, -0.25) is 4.79 Å². The van der Waals surface area contributed by atoms with Crippen LogP contribution in [0.5, 0.6) is 0 Å². The summed E-state index contributed by atoms with van der Waals surface area (Å²) < 4.78 is 0. The Morgan fingerprint density at radius 3 is 2.20 bits per heavy atom. The molecule has 0 aromatic rings. The highest BCUT2D eigenvalue weighted by Crippen LogP contribution is 2.05. The topological polar surface area (TPSA) is 75.4 Å². The third-order valence-corrected chi connectivity index (χ3v) is 2.39. The molecule has 4 N–H and O–H groups in total. The van der Waals surface area contributed by atoms with Crippen LogP contribution >= 0.6 is 0 Å². The molecule has 90 valence electrons. The molecule has 4 heteroatoms. The standard InChI is InChI=1S/C11H24N2O2/c1-7(2)5-9(12)11(15)13-10(6-14)8(3)4/h7-10,14H,5-6,12H2,1-4H3,(H,13,15)/t9-,10-/m1/s1. The number of nitrogens with two attached hydrogens (primary N) is 1. The van der Waals surface area contributed by atoms with Crippen LogP contribution < -0.4 is 11.1 Å². The van der Waals surface area contributed by atoms with Crippen LogP contribution in [0, 0.1) is 11.8 Å². The first-order valence-corrected chi connectivity index (χ1v) is 5.55. The van der Waals surface area contributed by atoms with Gasteiger partial charge in [0.1, 0.15) is 0 Å². The summed E-state index contributed by atoms with van der Waals surface area (Å²) in [6, 6.07) is -0.673. The number of hydrogen-bond donors (Lipinski definition) is 3. The molecule has 15 heavy (non-hydrogen) atoms. The molecule has 0 saturated carbocycles. The maximum absolute atomic E-state index is 11.6. The number of hydrogen-bond acceptors (Lipinski definition) is 3. The summed E-state index contributed by atoms with van der Waals surface area (Å²) in [4.78, 5) is 11.6. The molecule has 0 aromatic heterocycles. The molecule has 0 fully saturated rings. The van der Waals surface area contributed by atoms with Crippen molar-refractivity contribution in [1.29, 1.82) is 0 Å². The highest BCUT2D eigenvalue weighted by molar-refractivity contribution is 5.81. The molecule has 0 bridgehead atoms. The maximum Gasteiger partial charge on any atom is 0.237 e. The van der Waals surface area contributed by atoms with Gasteiger partial charge in [-0.25, -0.2) is 0 Å². The van der Waals surface area contributed by atoms with E-state index in [9.17, 15) is 4.79 Å². The van der Waals surface area contributed by atoms with E-state index in [0.29, 0.717) is 12.3 Å². The van der Waals surface area contributed by atoms with Crippen molar-refractivity contribution >= 4 is 5.91 Å². The zero-order chi connectivity index (χ0) is 12.0. The van der Waals surface area contributed by atoms with E-state index >= 15 is 0 Å². The van der Waals surface area contributed by atoms with Crippen LogP contribution in [-0.2, 0) is 4.79 Å². The molecule has 0 aliphatic carbocycles. The minimum Gasteiger partial charge on any atom is -0.394 e. The minimum atomic E-state index is -0.474. The second-order valence-electron chi connectivity index (χ2n) is 4.78. The summed E-state index contributed by atoms with van der Waals surface area (Å²) in [7, 11) is 0. The van der Waals surface area contributed by atoms with Gasteiger partial charge in [0, 0.05) is 0 Å². The van der Waals surface area contributed by atoms with Gasteiger partial charge in [-0.2, -0.15) is 0 Å². The number of carbonyl (C=O) groups is 1. The van der Waals surface area contributed by atoms with Crippen LogP contribution in [0.4, 0.5) is 0 Å². The van der Waals surface area contributed by atoms with Crippen molar-refractivity contribution in [2.45, 2.75) is 46.2 Å². The summed E-state index contributed by atoms with van der Waals surface area (Å²) in [6.45, 7) is 7.92. The van der Waals surface area contributed by atoms with Crippen LogP contribution in [0.15, 0.2) is 0 Å². The minimum absolute atomic E-state index is 0.0438. The SMILES string of the molecule is CC(C)C[C@@H](N)C(=O)N[C@H](CO)C(C)C. The van der Waals surface area contributed by atoms with E-state index in [1.54, 1.807) is 0 Å². The molecule has 0 saturated heterocycles. The lowest BCUT2D eigenvalue weighted by Gasteiger charge is -2.22. The lowest BCUT2D eigenvalue weighted by atomic mass is 10.0. The zero-order valence-electron chi connectivity index (χ0n) is 10.2. The summed E-state index contributed by atoms with van der Waals surface area (Å²) in [5, 5.41) is 11.8. The number of carbonyl (C=O) groups excluding carboxylic acids is 1. The fraction of sp³-hybridized carbons (Fsp3) is 0.909. The predicted molar refractivity (Wildman–Crippen MR) is 61.3 cm³/mol. The monoisotopic (exact) mass is 216 g/mol. The number of aliphatic hydroxyl groups excluding tert-OH is 1. The van der Waals surface area contributed by atoms with Crippen molar-refractivity contribution in [2.75, 3.05) is 6.61 Å². The number of amides is 1. The van der Waals surface area contributed by atoms with Gasteiger partial charge >= 0.3 is 0 Å². The Labute approximate surface area is 92.2 Å². The van der Waals surface area contributed by atoms with Crippen LogP contribution in [0.3, 0.4) is 0 Å². The van der Waals surface area contributed by atoms with Crippen LogP contribution in [0.2, 0.25) is 0 Å². The fourth-order valence-electron chi connectivity index (χ4n) is 1.33. The Morgan fingerprint density at radius 2 is 1.87 bits per heavy atom. The summed E-state index contributed by atoms with van der Waals surface area (Å²) >= 11 is 0. The number of nitrogens with one attached hydrogen (secondary N) is 1. The quantitative estimate of drug-likeness (QED) is 0.605. The Bertz CT molecular complexity index is 193. The van der Waals surface area contributed by atoms with E-state index in [-0.39, 0.29) is 24.5 Å². The van der Waals surface area contributed by atoms with Gasteiger partial charge < -0.3 is 16.2 Å².